The first-order valence-corrected chi connectivity index (χ1v) is 27.1. The standard InChI is InChI=1S/C36H58O4S2.C18H29F3O2S.CH4/c1-23(2)37-19-27-15-31(35(9,10)11)16-28(20-38-24(3)4)33(27)41-42-34-29(21-39-25(5)6)17-32(36(12,13)14)18-30(34)22-40-26(7)8;1-12(2)22-10-14-8-16(18(5,6)7)9-15(11-23-13(3)4)17(14)24(19,20)21;/h15-18,23-26H,19-22H2,1-14H3;8-9,12-13H,10-11H2,1-7H3;1H4. The Kier molecular flexibility index (Phi) is 26.2. The molecule has 0 heterocycles. The second kappa shape index (κ2) is 27.8. The molecule has 0 unspecified atom stereocenters. The number of hydrogen-bond donors (Lipinski definition) is 0. The summed E-state index contributed by atoms with van der Waals surface area (Å²) >= 11 is -5.38. The predicted molar refractivity (Wildman–Crippen MR) is 283 cm³/mol. The number of halogens is 3. The van der Waals surface area contributed by atoms with E-state index in [0.29, 0.717) is 26.4 Å². The molecule has 3 rings (SSSR count). The molecule has 3 aromatic carbocycles. The number of hydrogen-bond acceptors (Lipinski definition) is 8. The zero-order valence-electron chi connectivity index (χ0n) is 44.5. The average Bonchev–Trinajstić information content (AvgIpc) is 3.16. The lowest BCUT2D eigenvalue weighted by atomic mass is 9.85. The third-order valence-electron chi connectivity index (χ3n) is 10.2. The highest BCUT2D eigenvalue weighted by Gasteiger charge is 2.33. The Balaban J connectivity index is 0.000000763. The van der Waals surface area contributed by atoms with E-state index < -0.39 is 16.1 Å². The summed E-state index contributed by atoms with van der Waals surface area (Å²) in [4.78, 5) is 1.90. The van der Waals surface area contributed by atoms with Crippen LogP contribution in [0, 0.1) is 0 Å². The largest absolute Gasteiger partial charge is 0.374 e. The third-order valence-corrected chi connectivity index (χ3v) is 13.9. The lowest BCUT2D eigenvalue weighted by Crippen LogP contribution is -2.15. The van der Waals surface area contributed by atoms with Gasteiger partial charge in [-0.15, -0.1) is 11.7 Å². The van der Waals surface area contributed by atoms with E-state index in [1.165, 1.54) is 43.2 Å². The molecule has 0 atom stereocenters. The van der Waals surface area contributed by atoms with Gasteiger partial charge in [0, 0.05) is 9.79 Å². The van der Waals surface area contributed by atoms with E-state index in [1.54, 1.807) is 33.7 Å². The van der Waals surface area contributed by atoms with Crippen LogP contribution in [0.2, 0.25) is 0 Å². The number of benzene rings is 3. The van der Waals surface area contributed by atoms with Gasteiger partial charge in [-0.3, -0.25) is 0 Å². The van der Waals surface area contributed by atoms with Crippen molar-refractivity contribution in [1.29, 1.82) is 0 Å². The van der Waals surface area contributed by atoms with Crippen LogP contribution in [0.1, 0.15) is 203 Å². The minimum Gasteiger partial charge on any atom is -0.374 e. The molecule has 6 nitrogen and oxygen atoms in total. The molecule has 0 radical (unpaired) electrons. The van der Waals surface area contributed by atoms with Crippen molar-refractivity contribution in [3.63, 3.8) is 0 Å². The van der Waals surface area contributed by atoms with Crippen molar-refractivity contribution in [2.75, 3.05) is 0 Å². The Hall–Kier alpha value is -1.74. The fourth-order valence-corrected chi connectivity index (χ4v) is 10.0. The van der Waals surface area contributed by atoms with Crippen LogP contribution in [0.3, 0.4) is 0 Å². The molecular formula is C55H91F3O6S3. The monoisotopic (exact) mass is 1000 g/mol. The Morgan fingerprint density at radius 2 is 0.552 bits per heavy atom. The Bertz CT molecular complexity index is 1750. The van der Waals surface area contributed by atoms with E-state index in [-0.39, 0.29) is 84.6 Å². The van der Waals surface area contributed by atoms with Gasteiger partial charge in [-0.05, 0) is 149 Å². The van der Waals surface area contributed by atoms with Crippen molar-refractivity contribution < 1.29 is 40.1 Å². The van der Waals surface area contributed by atoms with Crippen LogP contribution in [0.4, 0.5) is 11.7 Å². The molecule has 0 fully saturated rings. The average molecular weight is 1000 g/mol. The Labute approximate surface area is 417 Å². The van der Waals surface area contributed by atoms with Gasteiger partial charge in [0.25, 0.3) is 0 Å². The molecule has 0 aliphatic rings. The van der Waals surface area contributed by atoms with Gasteiger partial charge in [-0.25, -0.2) is 0 Å². The Morgan fingerprint density at radius 1 is 0.373 bits per heavy atom. The van der Waals surface area contributed by atoms with Gasteiger partial charge in [0.05, 0.1) is 81.2 Å². The topological polar surface area (TPSA) is 55.4 Å². The summed E-state index contributed by atoms with van der Waals surface area (Å²) in [5.74, 6) is 0. The summed E-state index contributed by atoms with van der Waals surface area (Å²) in [6.45, 7) is 45.8. The van der Waals surface area contributed by atoms with Gasteiger partial charge in [0.15, 0.2) is 0 Å². The predicted octanol–water partition coefficient (Wildman–Crippen LogP) is 18.1. The number of rotatable bonds is 22. The summed E-state index contributed by atoms with van der Waals surface area (Å²) in [5, 5.41) is 0. The second-order valence-electron chi connectivity index (χ2n) is 21.9. The first-order chi connectivity index (χ1) is 30.2. The van der Waals surface area contributed by atoms with Gasteiger partial charge in [-0.2, -0.15) is 0 Å². The third kappa shape index (κ3) is 22.5. The van der Waals surface area contributed by atoms with Crippen LogP contribution >= 0.6 is 32.8 Å². The lowest BCUT2D eigenvalue weighted by molar-refractivity contribution is 0.0593. The molecule has 3 aromatic rings. The lowest BCUT2D eigenvalue weighted by Gasteiger charge is -2.26. The van der Waals surface area contributed by atoms with Crippen molar-refractivity contribution in [3.05, 3.63) is 86.5 Å². The Morgan fingerprint density at radius 3 is 0.716 bits per heavy atom. The quantitative estimate of drug-likeness (QED) is 0.0923. The zero-order chi connectivity index (χ0) is 50.5. The zero-order valence-corrected chi connectivity index (χ0v) is 46.9. The van der Waals surface area contributed by atoms with Gasteiger partial charge in [0.1, 0.15) is 0 Å². The second-order valence-corrected chi connectivity index (χ2v) is 25.2. The van der Waals surface area contributed by atoms with Gasteiger partial charge >= 0.3 is 0 Å². The summed E-state index contributed by atoms with van der Waals surface area (Å²) < 4.78 is 77.0. The van der Waals surface area contributed by atoms with E-state index in [4.69, 9.17) is 28.4 Å². The molecule has 0 aromatic heterocycles. The molecule has 0 N–H and O–H groups in total. The maximum Gasteiger partial charge on any atom is 0.238 e. The van der Waals surface area contributed by atoms with E-state index in [2.05, 4.69) is 121 Å². The molecule has 0 amide bonds. The molecule has 12 heteroatoms. The molecule has 0 spiro atoms. The molecule has 0 bridgehead atoms. The van der Waals surface area contributed by atoms with E-state index >= 15 is 0 Å². The van der Waals surface area contributed by atoms with Crippen molar-refractivity contribution in [1.82, 2.24) is 0 Å². The fourth-order valence-electron chi connectivity index (χ4n) is 6.34. The van der Waals surface area contributed by atoms with Gasteiger partial charge < -0.3 is 28.4 Å². The number of ether oxygens (including phenoxy) is 6. The van der Waals surface area contributed by atoms with Crippen molar-refractivity contribution in [2.24, 2.45) is 0 Å². The summed E-state index contributed by atoms with van der Waals surface area (Å²) in [5.41, 5.74) is 8.50. The van der Waals surface area contributed by atoms with E-state index in [1.807, 2.05) is 48.5 Å². The van der Waals surface area contributed by atoms with Crippen LogP contribution in [0.25, 0.3) is 0 Å². The van der Waals surface area contributed by atoms with Gasteiger partial charge in [0.2, 0.25) is 11.2 Å². The van der Waals surface area contributed by atoms with Crippen molar-refractivity contribution in [3.8, 4) is 0 Å². The van der Waals surface area contributed by atoms with E-state index in [0.717, 1.165) is 5.56 Å². The first kappa shape index (κ1) is 63.3. The molecular weight excluding hydrogens is 910 g/mol. The van der Waals surface area contributed by atoms with Crippen LogP contribution in [0.15, 0.2) is 51.1 Å². The minimum absolute atomic E-state index is 0. The molecule has 0 saturated carbocycles. The van der Waals surface area contributed by atoms with Gasteiger partial charge in [-0.1, -0.05) is 128 Å². The fraction of sp³-hybridized carbons (Fsp3) is 0.673. The highest BCUT2D eigenvalue weighted by Crippen LogP contribution is 2.63. The maximum atomic E-state index is 13.8. The van der Waals surface area contributed by atoms with E-state index in [9.17, 15) is 11.7 Å². The van der Waals surface area contributed by atoms with Crippen molar-refractivity contribution >= 4 is 32.8 Å². The molecule has 67 heavy (non-hydrogen) atoms. The van der Waals surface area contributed by atoms with Crippen LogP contribution in [-0.4, -0.2) is 36.6 Å². The van der Waals surface area contributed by atoms with Crippen LogP contribution < -0.4 is 0 Å². The minimum atomic E-state index is -5.38. The normalized spacial score (nSPS) is 13.0. The maximum absolute atomic E-state index is 13.8. The first-order valence-electron chi connectivity index (χ1n) is 23.7. The SMILES string of the molecule is C.CC(C)OCc1cc(C(C)(C)C)cc(COC(C)C)c1S(F)(F)F.CC(C)OCc1cc(C(C)(C)C)cc(COC(C)C)c1SSc1c(COC(C)C)cc(C(C)(C)C)cc1COC(C)C. The summed E-state index contributed by atoms with van der Waals surface area (Å²) in [7, 11) is 3.61. The molecule has 0 aliphatic heterocycles. The summed E-state index contributed by atoms with van der Waals surface area (Å²) in [6.07, 6.45) is 0.328. The highest BCUT2D eigenvalue weighted by atomic mass is 33.1. The summed E-state index contributed by atoms with van der Waals surface area (Å²) in [6, 6.07) is 12.6. The van der Waals surface area contributed by atoms with Crippen LogP contribution in [-0.2, 0) is 84.3 Å². The van der Waals surface area contributed by atoms with Crippen LogP contribution in [0.5, 0.6) is 0 Å². The molecule has 0 aliphatic carbocycles. The highest BCUT2D eigenvalue weighted by molar-refractivity contribution is 8.76. The smallest absolute Gasteiger partial charge is 0.238 e. The van der Waals surface area contributed by atoms with Crippen molar-refractivity contribution in [2.45, 2.75) is 260 Å². The molecule has 386 valence electrons. The molecule has 0 saturated heterocycles.